The first-order valence-corrected chi connectivity index (χ1v) is 9.20. The van der Waals surface area contributed by atoms with Crippen molar-refractivity contribution in [1.29, 1.82) is 0 Å². The van der Waals surface area contributed by atoms with E-state index in [0.717, 1.165) is 39.2 Å². The van der Waals surface area contributed by atoms with E-state index >= 15 is 0 Å². The summed E-state index contributed by atoms with van der Waals surface area (Å²) in [6.07, 6.45) is 9.35. The van der Waals surface area contributed by atoms with E-state index in [9.17, 15) is 0 Å². The van der Waals surface area contributed by atoms with Crippen molar-refractivity contribution in [2.24, 2.45) is 0 Å². The highest BCUT2D eigenvalue weighted by Crippen LogP contribution is 2.22. The molecule has 3 rings (SSSR count). The summed E-state index contributed by atoms with van der Waals surface area (Å²) in [6, 6.07) is 1.98. The minimum Gasteiger partial charge on any atom is -0.375 e. The number of hydrogen-bond acceptors (Lipinski definition) is 4. The summed E-state index contributed by atoms with van der Waals surface area (Å²) in [5.41, 5.74) is 0.251. The molecule has 0 bridgehead atoms. The number of ether oxygens (including phenoxy) is 1. The SMILES string of the molecule is CC(C)(CN1CCCO[C@@H](Cn2cccn2)C1)N1CCCCC1. The van der Waals surface area contributed by atoms with Crippen molar-refractivity contribution in [2.75, 3.05) is 39.3 Å². The molecule has 0 aromatic carbocycles. The van der Waals surface area contributed by atoms with Gasteiger partial charge in [-0.2, -0.15) is 5.10 Å². The zero-order valence-corrected chi connectivity index (χ0v) is 14.8. The van der Waals surface area contributed by atoms with Crippen molar-refractivity contribution in [1.82, 2.24) is 19.6 Å². The molecule has 0 radical (unpaired) electrons. The summed E-state index contributed by atoms with van der Waals surface area (Å²) in [5.74, 6) is 0. The Morgan fingerprint density at radius 1 is 1.13 bits per heavy atom. The van der Waals surface area contributed by atoms with Crippen LogP contribution in [0.3, 0.4) is 0 Å². The molecular weight excluding hydrogens is 288 g/mol. The van der Waals surface area contributed by atoms with Crippen molar-refractivity contribution >= 4 is 0 Å². The Balaban J connectivity index is 1.57. The number of piperidine rings is 1. The summed E-state index contributed by atoms with van der Waals surface area (Å²) in [6.45, 7) is 12.3. The van der Waals surface area contributed by atoms with Crippen LogP contribution in [0.2, 0.25) is 0 Å². The fourth-order valence-electron chi connectivity index (χ4n) is 3.99. The summed E-state index contributed by atoms with van der Waals surface area (Å²) in [5, 5.41) is 4.32. The van der Waals surface area contributed by atoms with Gasteiger partial charge in [-0.05, 0) is 52.3 Å². The van der Waals surface area contributed by atoms with Crippen molar-refractivity contribution in [3.63, 3.8) is 0 Å². The smallest absolute Gasteiger partial charge is 0.0897 e. The fourth-order valence-corrected chi connectivity index (χ4v) is 3.99. The van der Waals surface area contributed by atoms with Crippen molar-refractivity contribution in [3.8, 4) is 0 Å². The van der Waals surface area contributed by atoms with Gasteiger partial charge in [0.25, 0.3) is 0 Å². The Morgan fingerprint density at radius 3 is 2.70 bits per heavy atom. The topological polar surface area (TPSA) is 33.5 Å². The maximum atomic E-state index is 6.05. The van der Waals surface area contributed by atoms with E-state index in [1.807, 2.05) is 23.1 Å². The molecule has 2 aliphatic rings. The Labute approximate surface area is 140 Å². The number of rotatable bonds is 5. The average Bonchev–Trinajstić information content (AvgIpc) is 2.95. The van der Waals surface area contributed by atoms with Gasteiger partial charge in [-0.25, -0.2) is 0 Å². The van der Waals surface area contributed by atoms with Gasteiger partial charge in [0.1, 0.15) is 0 Å². The third-order valence-electron chi connectivity index (χ3n) is 5.21. The number of likely N-dealkylation sites (tertiary alicyclic amines) is 1. The maximum Gasteiger partial charge on any atom is 0.0897 e. The third-order valence-corrected chi connectivity index (χ3v) is 5.21. The van der Waals surface area contributed by atoms with E-state index in [4.69, 9.17) is 4.74 Å². The number of hydrogen-bond donors (Lipinski definition) is 0. The second kappa shape index (κ2) is 7.77. The van der Waals surface area contributed by atoms with Crippen LogP contribution in [0.1, 0.15) is 39.5 Å². The molecule has 0 N–H and O–H groups in total. The van der Waals surface area contributed by atoms with Gasteiger partial charge in [0, 0.05) is 44.2 Å². The molecular formula is C18H32N4O. The Hall–Kier alpha value is -0.910. The Bertz CT molecular complexity index is 454. The summed E-state index contributed by atoms with van der Waals surface area (Å²) >= 11 is 0. The van der Waals surface area contributed by atoms with E-state index in [2.05, 4.69) is 28.7 Å². The van der Waals surface area contributed by atoms with E-state index in [1.54, 1.807) is 0 Å². The molecule has 0 saturated carbocycles. The van der Waals surface area contributed by atoms with Gasteiger partial charge in [0.2, 0.25) is 0 Å². The number of nitrogens with zero attached hydrogens (tertiary/aromatic N) is 4. The van der Waals surface area contributed by atoms with Crippen LogP contribution in [0.4, 0.5) is 0 Å². The van der Waals surface area contributed by atoms with Gasteiger partial charge < -0.3 is 4.74 Å². The minimum absolute atomic E-state index is 0.245. The molecule has 1 aromatic heterocycles. The summed E-state index contributed by atoms with van der Waals surface area (Å²) < 4.78 is 8.04. The van der Waals surface area contributed by atoms with Crippen LogP contribution >= 0.6 is 0 Å². The van der Waals surface area contributed by atoms with E-state index in [-0.39, 0.29) is 11.6 Å². The standard InChI is InChI=1S/C18H32N4O/c1-18(2,21-10-4-3-5-11-21)16-20-9-7-13-23-17(14-20)15-22-12-6-8-19-22/h6,8,12,17H,3-5,7,9-11,13-16H2,1-2H3/t17-/m1/s1. The first-order chi connectivity index (χ1) is 11.1. The molecule has 1 aromatic rings. The van der Waals surface area contributed by atoms with Gasteiger partial charge in [0.15, 0.2) is 0 Å². The summed E-state index contributed by atoms with van der Waals surface area (Å²) in [7, 11) is 0. The molecule has 0 aliphatic carbocycles. The van der Waals surface area contributed by atoms with E-state index in [1.165, 1.54) is 32.4 Å². The quantitative estimate of drug-likeness (QED) is 0.833. The molecule has 5 heteroatoms. The van der Waals surface area contributed by atoms with Crippen molar-refractivity contribution in [2.45, 2.75) is 57.7 Å². The highest BCUT2D eigenvalue weighted by molar-refractivity contribution is 4.88. The summed E-state index contributed by atoms with van der Waals surface area (Å²) in [4.78, 5) is 5.29. The van der Waals surface area contributed by atoms with Gasteiger partial charge >= 0.3 is 0 Å². The molecule has 5 nitrogen and oxygen atoms in total. The Kier molecular flexibility index (Phi) is 5.72. The fraction of sp³-hybridized carbons (Fsp3) is 0.833. The van der Waals surface area contributed by atoms with Crippen molar-refractivity contribution < 1.29 is 4.74 Å². The van der Waals surface area contributed by atoms with E-state index in [0.29, 0.717) is 0 Å². The van der Waals surface area contributed by atoms with Crippen LogP contribution in [0.5, 0.6) is 0 Å². The molecule has 0 spiro atoms. The average molecular weight is 320 g/mol. The zero-order valence-electron chi connectivity index (χ0n) is 14.8. The van der Waals surface area contributed by atoms with Gasteiger partial charge in [-0.15, -0.1) is 0 Å². The third kappa shape index (κ3) is 4.78. The lowest BCUT2D eigenvalue weighted by molar-refractivity contribution is 0.0224. The second-order valence-corrected chi connectivity index (χ2v) is 7.67. The van der Waals surface area contributed by atoms with Crippen LogP contribution in [-0.2, 0) is 11.3 Å². The van der Waals surface area contributed by atoms with Crippen LogP contribution < -0.4 is 0 Å². The normalized spacial score (nSPS) is 25.4. The molecule has 2 aliphatic heterocycles. The molecule has 1 atom stereocenters. The predicted molar refractivity (Wildman–Crippen MR) is 92.5 cm³/mol. The zero-order chi connectivity index (χ0) is 16.1. The largest absolute Gasteiger partial charge is 0.375 e. The van der Waals surface area contributed by atoms with Crippen LogP contribution in [0.15, 0.2) is 18.5 Å². The van der Waals surface area contributed by atoms with Gasteiger partial charge in [0.05, 0.1) is 12.6 Å². The first-order valence-electron chi connectivity index (χ1n) is 9.20. The lowest BCUT2D eigenvalue weighted by Crippen LogP contribution is -2.54. The van der Waals surface area contributed by atoms with Gasteiger partial charge in [-0.1, -0.05) is 6.42 Å². The predicted octanol–water partition coefficient (Wildman–Crippen LogP) is 2.24. The minimum atomic E-state index is 0.245. The van der Waals surface area contributed by atoms with Crippen LogP contribution in [-0.4, -0.2) is 70.6 Å². The highest BCUT2D eigenvalue weighted by atomic mass is 16.5. The van der Waals surface area contributed by atoms with Gasteiger partial charge in [-0.3, -0.25) is 14.5 Å². The molecule has 2 saturated heterocycles. The molecule has 0 unspecified atom stereocenters. The monoisotopic (exact) mass is 320 g/mol. The first kappa shape index (κ1) is 16.9. The second-order valence-electron chi connectivity index (χ2n) is 7.67. The lowest BCUT2D eigenvalue weighted by atomic mass is 9.97. The highest BCUT2D eigenvalue weighted by Gasteiger charge is 2.31. The molecule has 130 valence electrons. The molecule has 0 amide bonds. The van der Waals surface area contributed by atoms with Crippen LogP contribution in [0, 0.1) is 0 Å². The molecule has 3 heterocycles. The van der Waals surface area contributed by atoms with E-state index < -0.39 is 0 Å². The van der Waals surface area contributed by atoms with Crippen LogP contribution in [0.25, 0.3) is 0 Å². The molecule has 23 heavy (non-hydrogen) atoms. The van der Waals surface area contributed by atoms with Crippen molar-refractivity contribution in [3.05, 3.63) is 18.5 Å². The Morgan fingerprint density at radius 2 is 1.96 bits per heavy atom. The maximum absolute atomic E-state index is 6.05. The lowest BCUT2D eigenvalue weighted by Gasteiger charge is -2.44. The molecule has 2 fully saturated rings. The number of aromatic nitrogens is 2.